The second-order valence-electron chi connectivity index (χ2n) is 7.82. The first kappa shape index (κ1) is 17.7. The average Bonchev–Trinajstić information content (AvgIpc) is 3.21. The number of rotatable bonds is 4. The van der Waals surface area contributed by atoms with Crippen molar-refractivity contribution in [2.75, 3.05) is 39.8 Å². The summed E-state index contributed by atoms with van der Waals surface area (Å²) < 4.78 is 5.01. The van der Waals surface area contributed by atoms with Crippen LogP contribution in [0.3, 0.4) is 0 Å². The molecule has 27 heavy (non-hydrogen) atoms. The molecule has 4 rings (SSSR count). The Balaban J connectivity index is 1.38. The van der Waals surface area contributed by atoms with Crippen molar-refractivity contribution >= 4 is 11.8 Å². The van der Waals surface area contributed by atoms with Crippen molar-refractivity contribution in [3.05, 3.63) is 53.4 Å². The minimum Gasteiger partial charge on any atom is -0.361 e. The van der Waals surface area contributed by atoms with Crippen LogP contribution >= 0.6 is 0 Å². The largest absolute Gasteiger partial charge is 0.361 e. The fraction of sp³-hybridized carbons (Fsp3) is 0.450. The molecule has 1 N–H and O–H groups in total. The minimum absolute atomic E-state index is 0.0349. The molecule has 7 heteroatoms. The van der Waals surface area contributed by atoms with Crippen LogP contribution in [0.25, 0.3) is 0 Å². The van der Waals surface area contributed by atoms with Crippen molar-refractivity contribution in [2.24, 2.45) is 11.3 Å². The molecule has 0 aliphatic carbocycles. The third-order valence-electron chi connectivity index (χ3n) is 5.67. The van der Waals surface area contributed by atoms with Gasteiger partial charge in [0.2, 0.25) is 0 Å². The van der Waals surface area contributed by atoms with E-state index < -0.39 is 0 Å². The molecule has 0 saturated carbocycles. The summed E-state index contributed by atoms with van der Waals surface area (Å²) in [5, 5.41) is 6.89. The zero-order valence-electron chi connectivity index (χ0n) is 15.6. The van der Waals surface area contributed by atoms with Crippen molar-refractivity contribution in [1.82, 2.24) is 20.3 Å². The summed E-state index contributed by atoms with van der Waals surface area (Å²) in [4.78, 5) is 29.0. The molecule has 0 radical (unpaired) electrons. The summed E-state index contributed by atoms with van der Waals surface area (Å²) in [5.74, 6) is 0.818. The number of benzene rings is 1. The number of carbonyl (C=O) groups excluding carboxylic acids is 2. The van der Waals surface area contributed by atoms with Crippen LogP contribution in [0, 0.1) is 18.3 Å². The van der Waals surface area contributed by atoms with Crippen LogP contribution in [0.5, 0.6) is 0 Å². The number of hydrogen-bond acceptors (Lipinski definition) is 5. The topological polar surface area (TPSA) is 78.7 Å². The van der Waals surface area contributed by atoms with E-state index in [9.17, 15) is 9.59 Å². The van der Waals surface area contributed by atoms with Gasteiger partial charge in [0.15, 0.2) is 5.69 Å². The van der Waals surface area contributed by atoms with E-state index in [1.54, 1.807) is 13.0 Å². The van der Waals surface area contributed by atoms with Crippen molar-refractivity contribution in [1.29, 1.82) is 0 Å². The number of nitrogens with zero attached hydrogens (tertiary/aromatic N) is 3. The lowest BCUT2D eigenvalue weighted by Crippen LogP contribution is -2.63. The van der Waals surface area contributed by atoms with Gasteiger partial charge in [-0.3, -0.25) is 9.59 Å². The molecule has 2 aliphatic rings. The second-order valence-corrected chi connectivity index (χ2v) is 7.82. The lowest BCUT2D eigenvalue weighted by molar-refractivity contribution is -0.0102. The first-order valence-electron chi connectivity index (χ1n) is 9.21. The number of hydrogen-bond donors (Lipinski definition) is 1. The van der Waals surface area contributed by atoms with Gasteiger partial charge in [-0.15, -0.1) is 0 Å². The summed E-state index contributed by atoms with van der Waals surface area (Å²) in [6.07, 6.45) is 0. The van der Waals surface area contributed by atoms with Gasteiger partial charge in [-0.05, 0) is 32.0 Å². The minimum atomic E-state index is -0.0842. The van der Waals surface area contributed by atoms with Crippen molar-refractivity contribution in [3.63, 3.8) is 0 Å². The summed E-state index contributed by atoms with van der Waals surface area (Å²) in [6, 6.07) is 10.9. The van der Waals surface area contributed by atoms with Gasteiger partial charge in [0.1, 0.15) is 5.76 Å². The lowest BCUT2D eigenvalue weighted by Gasteiger charge is -2.50. The predicted octanol–water partition coefficient (Wildman–Crippen LogP) is 1.42. The highest BCUT2D eigenvalue weighted by Gasteiger charge is 2.54. The average molecular weight is 368 g/mol. The molecular weight excluding hydrogens is 344 g/mol. The van der Waals surface area contributed by atoms with Gasteiger partial charge < -0.3 is 19.6 Å². The molecule has 2 fully saturated rings. The van der Waals surface area contributed by atoms with E-state index in [1.165, 1.54) is 0 Å². The van der Waals surface area contributed by atoms with Crippen molar-refractivity contribution in [3.8, 4) is 0 Å². The molecule has 2 aromatic rings. The fourth-order valence-corrected chi connectivity index (χ4v) is 4.33. The first-order valence-corrected chi connectivity index (χ1v) is 9.21. The van der Waals surface area contributed by atoms with Gasteiger partial charge in [-0.25, -0.2) is 0 Å². The standard InChI is InChI=1S/C20H24N4O3/c1-14-8-17(22-27-14)19(26)24-12-20(13-24)11-23(2)10-16(20)9-21-18(25)15-6-4-3-5-7-15/h3-8,16H,9-13H2,1-2H3,(H,21,25). The van der Waals surface area contributed by atoms with E-state index in [-0.39, 0.29) is 17.2 Å². The van der Waals surface area contributed by atoms with Crippen molar-refractivity contribution in [2.45, 2.75) is 6.92 Å². The molecule has 3 heterocycles. The molecule has 1 unspecified atom stereocenters. The zero-order valence-corrected chi connectivity index (χ0v) is 15.6. The number of nitrogens with one attached hydrogen (secondary N) is 1. The van der Waals surface area contributed by atoms with Crippen molar-refractivity contribution < 1.29 is 14.1 Å². The smallest absolute Gasteiger partial charge is 0.276 e. The molecule has 0 bridgehead atoms. The SMILES string of the molecule is Cc1cc(C(=O)N2CC3(CN(C)CC3CNC(=O)c3ccccc3)C2)no1. The monoisotopic (exact) mass is 368 g/mol. The summed E-state index contributed by atoms with van der Waals surface area (Å²) in [5.41, 5.74) is 1.07. The Kier molecular flexibility index (Phi) is 4.47. The maximum Gasteiger partial charge on any atom is 0.276 e. The van der Waals surface area contributed by atoms with Gasteiger partial charge in [0, 0.05) is 49.8 Å². The summed E-state index contributed by atoms with van der Waals surface area (Å²) in [6.45, 7) is 5.62. The Bertz CT molecular complexity index is 842. The summed E-state index contributed by atoms with van der Waals surface area (Å²) in [7, 11) is 2.09. The molecule has 142 valence electrons. The van der Waals surface area contributed by atoms with Crippen LogP contribution < -0.4 is 5.32 Å². The van der Waals surface area contributed by atoms with Crippen LogP contribution in [0.4, 0.5) is 0 Å². The van der Waals surface area contributed by atoms with E-state index in [4.69, 9.17) is 4.52 Å². The van der Waals surface area contributed by atoms with Gasteiger partial charge in [0.05, 0.1) is 0 Å². The molecule has 1 aromatic carbocycles. The zero-order chi connectivity index (χ0) is 19.0. The third-order valence-corrected chi connectivity index (χ3v) is 5.67. The number of likely N-dealkylation sites (tertiary alicyclic amines) is 2. The summed E-state index contributed by atoms with van der Waals surface area (Å²) >= 11 is 0. The van der Waals surface area contributed by atoms with Gasteiger partial charge >= 0.3 is 0 Å². The Morgan fingerprint density at radius 1 is 1.26 bits per heavy atom. The Morgan fingerprint density at radius 2 is 2.00 bits per heavy atom. The van der Waals surface area contributed by atoms with Crippen LogP contribution in [0.1, 0.15) is 26.6 Å². The quantitative estimate of drug-likeness (QED) is 0.883. The van der Waals surface area contributed by atoms with Crippen LogP contribution in [-0.4, -0.2) is 66.5 Å². The van der Waals surface area contributed by atoms with Crippen LogP contribution in [0.15, 0.2) is 40.9 Å². The highest BCUT2D eigenvalue weighted by atomic mass is 16.5. The van der Waals surface area contributed by atoms with E-state index in [2.05, 4.69) is 22.4 Å². The number of carbonyl (C=O) groups is 2. The predicted molar refractivity (Wildman–Crippen MR) is 99.3 cm³/mol. The molecule has 7 nitrogen and oxygen atoms in total. The Morgan fingerprint density at radius 3 is 2.67 bits per heavy atom. The van der Waals surface area contributed by atoms with Gasteiger partial charge in [0.25, 0.3) is 11.8 Å². The molecule has 1 aromatic heterocycles. The van der Waals surface area contributed by atoms with Gasteiger partial charge in [-0.1, -0.05) is 23.4 Å². The van der Waals surface area contributed by atoms with Crippen LogP contribution in [0.2, 0.25) is 0 Å². The number of aromatic nitrogens is 1. The van der Waals surface area contributed by atoms with Crippen LogP contribution in [-0.2, 0) is 0 Å². The van der Waals surface area contributed by atoms with E-state index >= 15 is 0 Å². The molecule has 2 amide bonds. The molecule has 1 atom stereocenters. The highest BCUT2D eigenvalue weighted by molar-refractivity contribution is 5.94. The van der Waals surface area contributed by atoms with E-state index in [1.807, 2.05) is 35.2 Å². The maximum atomic E-state index is 12.5. The number of aryl methyl sites for hydroxylation is 1. The normalized spacial score (nSPS) is 21.3. The fourth-order valence-electron chi connectivity index (χ4n) is 4.33. The Hall–Kier alpha value is -2.67. The lowest BCUT2D eigenvalue weighted by atomic mass is 9.71. The molecule has 2 saturated heterocycles. The highest BCUT2D eigenvalue weighted by Crippen LogP contribution is 2.43. The van der Waals surface area contributed by atoms with E-state index in [0.29, 0.717) is 42.6 Å². The van der Waals surface area contributed by atoms with E-state index in [0.717, 1.165) is 13.1 Å². The maximum absolute atomic E-state index is 12.5. The first-order chi connectivity index (χ1) is 13.0. The molecular formula is C20H24N4O3. The molecule has 1 spiro atoms. The Labute approximate surface area is 158 Å². The number of amides is 2. The third kappa shape index (κ3) is 3.35. The molecule has 2 aliphatic heterocycles. The second kappa shape index (κ2) is 6.81. The van der Waals surface area contributed by atoms with Gasteiger partial charge in [-0.2, -0.15) is 0 Å².